The molecule has 1 saturated heterocycles. The SMILES string of the molecule is O=CC1CCCN(S(=O)(=O)c2ccc(Br)c(F)c2)C1. The lowest BCUT2D eigenvalue weighted by Crippen LogP contribution is -2.40. The number of rotatable bonds is 3. The van der Waals surface area contributed by atoms with Crippen molar-refractivity contribution in [2.24, 2.45) is 5.92 Å². The van der Waals surface area contributed by atoms with E-state index in [4.69, 9.17) is 0 Å². The third kappa shape index (κ3) is 3.04. The van der Waals surface area contributed by atoms with Crippen molar-refractivity contribution in [3.63, 3.8) is 0 Å². The van der Waals surface area contributed by atoms with Gasteiger partial charge in [-0.1, -0.05) is 0 Å². The topological polar surface area (TPSA) is 54.5 Å². The predicted molar refractivity (Wildman–Crippen MR) is 71.6 cm³/mol. The summed E-state index contributed by atoms with van der Waals surface area (Å²) in [5.74, 6) is -0.895. The first-order valence-corrected chi connectivity index (χ1v) is 8.09. The summed E-state index contributed by atoms with van der Waals surface area (Å²) in [6, 6.07) is 3.71. The fourth-order valence-corrected chi connectivity index (χ4v) is 3.88. The van der Waals surface area contributed by atoms with Crippen LogP contribution in [-0.2, 0) is 14.8 Å². The van der Waals surface area contributed by atoms with Crippen LogP contribution in [0.3, 0.4) is 0 Å². The van der Waals surface area contributed by atoms with Gasteiger partial charge in [-0.05, 0) is 47.0 Å². The van der Waals surface area contributed by atoms with Crippen molar-refractivity contribution in [2.45, 2.75) is 17.7 Å². The highest BCUT2D eigenvalue weighted by atomic mass is 79.9. The molecule has 0 aromatic heterocycles. The van der Waals surface area contributed by atoms with Crippen molar-refractivity contribution in [2.75, 3.05) is 13.1 Å². The molecule has 0 N–H and O–H groups in total. The number of halogens is 2. The third-order valence-corrected chi connectivity index (χ3v) is 5.65. The molecule has 1 heterocycles. The van der Waals surface area contributed by atoms with E-state index >= 15 is 0 Å². The molecule has 1 aliphatic rings. The van der Waals surface area contributed by atoms with Gasteiger partial charge in [0.05, 0.1) is 9.37 Å². The molecular formula is C12H13BrFNO3S. The predicted octanol–water partition coefficient (Wildman–Crippen LogP) is 2.19. The second kappa shape index (κ2) is 5.68. The average Bonchev–Trinajstić information content (AvgIpc) is 2.41. The van der Waals surface area contributed by atoms with Crippen LogP contribution < -0.4 is 0 Å². The number of nitrogens with zero attached hydrogens (tertiary/aromatic N) is 1. The summed E-state index contributed by atoms with van der Waals surface area (Å²) in [5, 5.41) is 0. The van der Waals surface area contributed by atoms with Gasteiger partial charge in [-0.15, -0.1) is 0 Å². The van der Waals surface area contributed by atoms with Crippen molar-refractivity contribution in [1.29, 1.82) is 0 Å². The summed E-state index contributed by atoms with van der Waals surface area (Å²) in [6.45, 7) is 0.536. The highest BCUT2D eigenvalue weighted by molar-refractivity contribution is 9.10. The smallest absolute Gasteiger partial charge is 0.243 e. The van der Waals surface area contributed by atoms with E-state index in [1.54, 1.807) is 0 Å². The summed E-state index contributed by atoms with van der Waals surface area (Å²) < 4.78 is 39.6. The van der Waals surface area contributed by atoms with Gasteiger partial charge in [0.2, 0.25) is 10.0 Å². The Morgan fingerprint density at radius 1 is 1.42 bits per heavy atom. The Hall–Kier alpha value is -0.790. The van der Waals surface area contributed by atoms with E-state index in [-0.39, 0.29) is 21.8 Å². The maximum atomic E-state index is 13.4. The van der Waals surface area contributed by atoms with Gasteiger partial charge in [0, 0.05) is 19.0 Å². The molecule has 0 aliphatic carbocycles. The number of sulfonamides is 1. The molecule has 1 fully saturated rings. The van der Waals surface area contributed by atoms with Crippen molar-refractivity contribution < 1.29 is 17.6 Å². The number of hydrogen-bond donors (Lipinski definition) is 0. The van der Waals surface area contributed by atoms with Crippen molar-refractivity contribution in [3.05, 3.63) is 28.5 Å². The maximum Gasteiger partial charge on any atom is 0.243 e. The van der Waals surface area contributed by atoms with E-state index < -0.39 is 15.8 Å². The molecule has 0 spiro atoms. The van der Waals surface area contributed by atoms with Crippen LogP contribution in [0.15, 0.2) is 27.6 Å². The summed E-state index contributed by atoms with van der Waals surface area (Å²) >= 11 is 2.98. The average molecular weight is 350 g/mol. The van der Waals surface area contributed by atoms with Gasteiger partial charge < -0.3 is 4.79 Å². The zero-order valence-corrected chi connectivity index (χ0v) is 12.5. The van der Waals surface area contributed by atoms with Crippen LogP contribution in [0.2, 0.25) is 0 Å². The van der Waals surface area contributed by atoms with Crippen molar-refractivity contribution in [1.82, 2.24) is 4.31 Å². The van der Waals surface area contributed by atoms with Crippen LogP contribution >= 0.6 is 15.9 Å². The molecule has 1 unspecified atom stereocenters. The van der Waals surface area contributed by atoms with Crippen LogP contribution in [0.25, 0.3) is 0 Å². The molecule has 7 heteroatoms. The highest BCUT2D eigenvalue weighted by Gasteiger charge is 2.30. The molecule has 1 atom stereocenters. The Morgan fingerprint density at radius 3 is 2.79 bits per heavy atom. The Balaban J connectivity index is 2.31. The van der Waals surface area contributed by atoms with Gasteiger partial charge >= 0.3 is 0 Å². The minimum absolute atomic E-state index is 0.0836. The lowest BCUT2D eigenvalue weighted by molar-refractivity contribution is -0.112. The van der Waals surface area contributed by atoms with E-state index in [0.717, 1.165) is 12.4 Å². The highest BCUT2D eigenvalue weighted by Crippen LogP contribution is 2.25. The fourth-order valence-electron chi connectivity index (χ4n) is 2.09. The maximum absolute atomic E-state index is 13.4. The fraction of sp³-hybridized carbons (Fsp3) is 0.417. The second-order valence-electron chi connectivity index (χ2n) is 4.48. The molecule has 1 aromatic carbocycles. The van der Waals surface area contributed by atoms with Gasteiger partial charge in [-0.25, -0.2) is 12.8 Å². The molecule has 104 valence electrons. The molecule has 1 aliphatic heterocycles. The molecule has 4 nitrogen and oxygen atoms in total. The Kier molecular flexibility index (Phi) is 4.37. The van der Waals surface area contributed by atoms with Gasteiger partial charge in [0.25, 0.3) is 0 Å². The Bertz CT molecular complexity index is 591. The number of carbonyl (C=O) groups is 1. The number of aldehydes is 1. The van der Waals surface area contributed by atoms with Crippen molar-refractivity contribution >= 4 is 32.2 Å². The molecule has 0 bridgehead atoms. The summed E-state index contributed by atoms with van der Waals surface area (Å²) in [6.07, 6.45) is 2.12. The Labute approximate surface area is 119 Å². The summed E-state index contributed by atoms with van der Waals surface area (Å²) in [7, 11) is -3.73. The van der Waals surface area contributed by atoms with Crippen LogP contribution in [0, 0.1) is 11.7 Å². The van der Waals surface area contributed by atoms with Gasteiger partial charge in [0.1, 0.15) is 12.1 Å². The number of hydrogen-bond acceptors (Lipinski definition) is 3. The molecule has 1 aromatic rings. The van der Waals surface area contributed by atoms with Crippen LogP contribution in [0.5, 0.6) is 0 Å². The minimum Gasteiger partial charge on any atom is -0.303 e. The zero-order chi connectivity index (χ0) is 14.0. The summed E-state index contributed by atoms with van der Waals surface area (Å²) in [4.78, 5) is 10.7. The monoisotopic (exact) mass is 349 g/mol. The number of benzene rings is 1. The molecule has 19 heavy (non-hydrogen) atoms. The lowest BCUT2D eigenvalue weighted by atomic mass is 10.0. The number of piperidine rings is 1. The van der Waals surface area contributed by atoms with E-state index in [2.05, 4.69) is 15.9 Å². The van der Waals surface area contributed by atoms with Gasteiger partial charge in [0.15, 0.2) is 0 Å². The molecule has 2 rings (SSSR count). The molecule has 0 radical (unpaired) electrons. The van der Waals surface area contributed by atoms with E-state index in [1.807, 2.05) is 0 Å². The molecule has 0 amide bonds. The van der Waals surface area contributed by atoms with Crippen molar-refractivity contribution in [3.8, 4) is 0 Å². The van der Waals surface area contributed by atoms with Crippen LogP contribution in [-0.4, -0.2) is 32.1 Å². The first-order chi connectivity index (χ1) is 8.95. The van der Waals surface area contributed by atoms with Gasteiger partial charge in [-0.3, -0.25) is 0 Å². The van der Waals surface area contributed by atoms with Crippen LogP contribution in [0.1, 0.15) is 12.8 Å². The first-order valence-electron chi connectivity index (χ1n) is 5.85. The third-order valence-electron chi connectivity index (χ3n) is 3.14. The standard InChI is InChI=1S/C12H13BrFNO3S/c13-11-4-3-10(6-12(11)14)19(17,18)15-5-1-2-9(7-15)8-16/h3-4,6,8-9H,1-2,5,7H2. The van der Waals surface area contributed by atoms with Gasteiger partial charge in [-0.2, -0.15) is 4.31 Å². The van der Waals surface area contributed by atoms with E-state index in [1.165, 1.54) is 16.4 Å². The minimum atomic E-state index is -3.73. The Morgan fingerprint density at radius 2 is 2.16 bits per heavy atom. The largest absolute Gasteiger partial charge is 0.303 e. The van der Waals surface area contributed by atoms with E-state index in [0.29, 0.717) is 19.4 Å². The molecule has 0 saturated carbocycles. The normalized spacial score (nSPS) is 21.3. The first kappa shape index (κ1) is 14.6. The summed E-state index contributed by atoms with van der Waals surface area (Å²) in [5.41, 5.74) is 0. The van der Waals surface area contributed by atoms with Crippen LogP contribution in [0.4, 0.5) is 4.39 Å². The number of carbonyl (C=O) groups excluding carboxylic acids is 1. The zero-order valence-electron chi connectivity index (χ0n) is 10.1. The quantitative estimate of drug-likeness (QED) is 0.786. The molecular weight excluding hydrogens is 337 g/mol. The lowest BCUT2D eigenvalue weighted by Gasteiger charge is -2.29. The van der Waals surface area contributed by atoms with E-state index in [9.17, 15) is 17.6 Å². The second-order valence-corrected chi connectivity index (χ2v) is 7.27.